The van der Waals surface area contributed by atoms with E-state index in [9.17, 15) is 22.4 Å². The van der Waals surface area contributed by atoms with Gasteiger partial charge in [0.2, 0.25) is 0 Å². The lowest BCUT2D eigenvalue weighted by Crippen LogP contribution is -2.20. The van der Waals surface area contributed by atoms with E-state index in [0.717, 1.165) is 39.4 Å². The second-order valence-electron chi connectivity index (χ2n) is 10.5. The van der Waals surface area contributed by atoms with Crippen molar-refractivity contribution in [1.82, 2.24) is 14.2 Å². The van der Waals surface area contributed by atoms with Crippen LogP contribution in [0.4, 0.5) is 17.6 Å². The van der Waals surface area contributed by atoms with Crippen LogP contribution >= 0.6 is 0 Å². The van der Waals surface area contributed by atoms with Crippen LogP contribution in [0.15, 0.2) is 113 Å². The highest BCUT2D eigenvalue weighted by Gasteiger charge is 2.31. The summed E-state index contributed by atoms with van der Waals surface area (Å²) >= 11 is 0. The van der Waals surface area contributed by atoms with Gasteiger partial charge in [0.1, 0.15) is 18.2 Å². The number of benzene rings is 4. The van der Waals surface area contributed by atoms with Crippen LogP contribution in [0.25, 0.3) is 28.0 Å². The van der Waals surface area contributed by atoms with Crippen molar-refractivity contribution in [1.29, 1.82) is 0 Å². The molecule has 0 aliphatic heterocycles. The van der Waals surface area contributed by atoms with Crippen molar-refractivity contribution in [3.8, 4) is 22.8 Å². The van der Waals surface area contributed by atoms with Crippen molar-refractivity contribution in [3.05, 3.63) is 147 Å². The van der Waals surface area contributed by atoms with Crippen LogP contribution in [-0.2, 0) is 12.8 Å². The molecule has 6 rings (SSSR count). The van der Waals surface area contributed by atoms with Crippen LogP contribution in [0.3, 0.4) is 0 Å². The Morgan fingerprint density at radius 3 is 2.40 bits per heavy atom. The predicted molar refractivity (Wildman–Crippen MR) is 165 cm³/mol. The lowest BCUT2D eigenvalue weighted by molar-refractivity contribution is -0.137. The maximum absolute atomic E-state index is 13.5. The molecule has 0 spiro atoms. The van der Waals surface area contributed by atoms with Gasteiger partial charge in [-0.05, 0) is 86.1 Å². The summed E-state index contributed by atoms with van der Waals surface area (Å²) in [5, 5.41) is 4.74. The van der Waals surface area contributed by atoms with E-state index in [1.54, 1.807) is 36.4 Å². The molecule has 0 fully saturated rings. The third-order valence-electron chi connectivity index (χ3n) is 7.37. The van der Waals surface area contributed by atoms with Crippen LogP contribution in [0.2, 0.25) is 0 Å². The molecule has 0 bridgehead atoms. The Morgan fingerprint density at radius 1 is 0.889 bits per heavy atom. The van der Waals surface area contributed by atoms with E-state index >= 15 is 0 Å². The summed E-state index contributed by atoms with van der Waals surface area (Å²) < 4.78 is 62.9. The number of alkyl halides is 3. The van der Waals surface area contributed by atoms with Gasteiger partial charge < -0.3 is 9.30 Å². The van der Waals surface area contributed by atoms with E-state index in [0.29, 0.717) is 16.8 Å². The number of para-hydroxylation sites is 1. The van der Waals surface area contributed by atoms with Gasteiger partial charge in [-0.15, -0.1) is 0 Å². The Kier molecular flexibility index (Phi) is 7.80. The third kappa shape index (κ3) is 6.12. The first kappa shape index (κ1) is 29.6. The average molecular weight is 611 g/mol. The second-order valence-corrected chi connectivity index (χ2v) is 10.5. The summed E-state index contributed by atoms with van der Waals surface area (Å²) in [5.74, 6) is 0.291. The number of aryl methyl sites for hydroxylation is 1. The van der Waals surface area contributed by atoms with Crippen molar-refractivity contribution >= 4 is 17.1 Å². The SMILES string of the molecule is Cc1cc(C=Nn2c(-c3cccc(C(F)(F)F)c3)nc3ccccc3c2=O)c(C)n1-c1ccc(OCc2cccc(F)c2)cc1. The molecule has 0 amide bonds. The smallest absolute Gasteiger partial charge is 0.416 e. The van der Waals surface area contributed by atoms with Gasteiger partial charge in [0.15, 0.2) is 5.82 Å². The van der Waals surface area contributed by atoms with Crippen molar-refractivity contribution in [3.63, 3.8) is 0 Å². The average Bonchev–Trinajstić information content (AvgIpc) is 3.31. The normalized spacial score (nSPS) is 11.9. The Morgan fingerprint density at radius 2 is 1.64 bits per heavy atom. The van der Waals surface area contributed by atoms with E-state index in [1.165, 1.54) is 30.5 Å². The van der Waals surface area contributed by atoms with Gasteiger partial charge in [0.25, 0.3) is 5.56 Å². The molecule has 0 aliphatic carbocycles. The highest BCUT2D eigenvalue weighted by molar-refractivity contribution is 5.83. The van der Waals surface area contributed by atoms with Crippen LogP contribution in [-0.4, -0.2) is 20.4 Å². The van der Waals surface area contributed by atoms with Crippen LogP contribution in [0.5, 0.6) is 5.75 Å². The Bertz CT molecular complexity index is 2110. The fourth-order valence-corrected chi connectivity index (χ4v) is 5.17. The van der Waals surface area contributed by atoms with Crippen LogP contribution in [0.1, 0.15) is 28.1 Å². The van der Waals surface area contributed by atoms with Crippen molar-refractivity contribution in [2.24, 2.45) is 5.10 Å². The molecule has 0 saturated heterocycles. The summed E-state index contributed by atoms with van der Waals surface area (Å²) in [4.78, 5) is 18.1. The number of aromatic nitrogens is 3. The number of nitrogens with zero attached hydrogens (tertiary/aromatic N) is 4. The summed E-state index contributed by atoms with van der Waals surface area (Å²) in [6.07, 6.45) is -3.06. The minimum Gasteiger partial charge on any atom is -0.489 e. The van der Waals surface area contributed by atoms with Crippen LogP contribution < -0.4 is 10.3 Å². The lowest BCUT2D eigenvalue weighted by Gasteiger charge is -2.12. The van der Waals surface area contributed by atoms with Crippen molar-refractivity contribution < 1.29 is 22.3 Å². The third-order valence-corrected chi connectivity index (χ3v) is 7.37. The molecule has 2 heterocycles. The second kappa shape index (κ2) is 11.9. The molecule has 2 aromatic heterocycles. The molecular formula is C35H26F4N4O2. The molecule has 0 aliphatic rings. The molecule has 0 saturated carbocycles. The van der Waals surface area contributed by atoms with Gasteiger partial charge >= 0.3 is 6.18 Å². The maximum Gasteiger partial charge on any atom is 0.416 e. The standard InChI is InChI=1S/C35H26F4N4O2/c1-22-17-26(23(2)42(22)29-13-15-30(16-14-29)45-21-24-7-5-10-28(36)18-24)20-40-43-33(25-8-6-9-27(19-25)35(37,38)39)41-32-12-4-3-11-31(32)34(43)44/h3-20H,21H2,1-2H3. The monoisotopic (exact) mass is 610 g/mol. The van der Waals surface area contributed by atoms with E-state index < -0.39 is 17.3 Å². The zero-order valence-corrected chi connectivity index (χ0v) is 24.2. The largest absolute Gasteiger partial charge is 0.489 e. The molecule has 45 heavy (non-hydrogen) atoms. The summed E-state index contributed by atoms with van der Waals surface area (Å²) in [5.41, 5.74) is 3.09. The number of fused-ring (bicyclic) bond motifs is 1. The fraction of sp³-hybridized carbons (Fsp3) is 0.114. The lowest BCUT2D eigenvalue weighted by atomic mass is 10.1. The van der Waals surface area contributed by atoms with Gasteiger partial charge in [-0.2, -0.15) is 22.9 Å². The van der Waals surface area contributed by atoms with E-state index in [-0.39, 0.29) is 29.2 Å². The highest BCUT2D eigenvalue weighted by Crippen LogP contribution is 2.32. The molecule has 0 atom stereocenters. The molecule has 0 N–H and O–H groups in total. The van der Waals surface area contributed by atoms with Gasteiger partial charge in [0, 0.05) is 28.2 Å². The van der Waals surface area contributed by atoms with Gasteiger partial charge in [-0.25, -0.2) is 9.37 Å². The van der Waals surface area contributed by atoms with Gasteiger partial charge in [0.05, 0.1) is 22.7 Å². The zero-order chi connectivity index (χ0) is 31.7. The minimum atomic E-state index is -4.57. The van der Waals surface area contributed by atoms with Gasteiger partial charge in [-0.3, -0.25) is 4.79 Å². The Balaban J connectivity index is 1.33. The predicted octanol–water partition coefficient (Wildman–Crippen LogP) is 8.09. The Labute approximate surface area is 255 Å². The molecule has 0 radical (unpaired) electrons. The molecule has 6 aromatic rings. The topological polar surface area (TPSA) is 61.4 Å². The number of hydrogen-bond donors (Lipinski definition) is 0. The minimum absolute atomic E-state index is 0.0105. The molecular weight excluding hydrogens is 584 g/mol. The van der Waals surface area contributed by atoms with E-state index in [1.807, 2.05) is 48.7 Å². The molecule has 10 heteroatoms. The summed E-state index contributed by atoms with van der Waals surface area (Å²) in [7, 11) is 0. The summed E-state index contributed by atoms with van der Waals surface area (Å²) in [6.45, 7) is 4.05. The quantitative estimate of drug-likeness (QED) is 0.136. The van der Waals surface area contributed by atoms with Crippen LogP contribution in [0, 0.1) is 19.7 Å². The zero-order valence-electron chi connectivity index (χ0n) is 24.2. The first-order valence-electron chi connectivity index (χ1n) is 14.0. The van der Waals surface area contributed by atoms with Crippen molar-refractivity contribution in [2.75, 3.05) is 0 Å². The number of halogens is 4. The first-order valence-corrected chi connectivity index (χ1v) is 14.0. The summed E-state index contributed by atoms with van der Waals surface area (Å²) in [6, 6.07) is 26.9. The fourth-order valence-electron chi connectivity index (χ4n) is 5.17. The Hall–Kier alpha value is -5.51. The number of ether oxygens (including phenoxy) is 1. The van der Waals surface area contributed by atoms with Crippen molar-refractivity contribution in [2.45, 2.75) is 26.6 Å². The molecule has 0 unspecified atom stereocenters. The molecule has 226 valence electrons. The number of hydrogen-bond acceptors (Lipinski definition) is 4. The van der Waals surface area contributed by atoms with E-state index in [4.69, 9.17) is 4.74 Å². The molecule has 4 aromatic carbocycles. The first-order chi connectivity index (χ1) is 21.6. The highest BCUT2D eigenvalue weighted by atomic mass is 19.4. The molecule has 6 nitrogen and oxygen atoms in total. The van der Waals surface area contributed by atoms with E-state index in [2.05, 4.69) is 10.1 Å². The number of rotatable bonds is 7. The maximum atomic E-state index is 13.5. The van der Waals surface area contributed by atoms with Gasteiger partial charge in [-0.1, -0.05) is 36.4 Å².